The normalized spacial score (nSPS) is 17.9. The van der Waals surface area contributed by atoms with Crippen molar-refractivity contribution in [3.05, 3.63) is 58.5 Å². The van der Waals surface area contributed by atoms with Crippen molar-refractivity contribution in [3.8, 4) is 0 Å². The van der Waals surface area contributed by atoms with E-state index in [4.69, 9.17) is 5.11 Å². The van der Waals surface area contributed by atoms with Gasteiger partial charge >= 0.3 is 0 Å². The Morgan fingerprint density at radius 1 is 1.20 bits per heavy atom. The molecule has 9 heteroatoms. The average Bonchev–Trinajstić information content (AvgIpc) is 3.41. The van der Waals surface area contributed by atoms with Crippen molar-refractivity contribution in [2.45, 2.75) is 56.9 Å². The molecule has 1 amide bonds. The maximum absolute atomic E-state index is 15.0. The van der Waals surface area contributed by atoms with Gasteiger partial charge in [0.1, 0.15) is 12.4 Å². The molecule has 3 aromatic rings. The van der Waals surface area contributed by atoms with E-state index in [0.29, 0.717) is 11.5 Å². The molecular formula is C26H27F3N4O2. The number of carbonyl (C=O) groups excluding carboxylic acids is 1. The first-order chi connectivity index (χ1) is 16.6. The maximum atomic E-state index is 15.0. The van der Waals surface area contributed by atoms with Gasteiger partial charge in [-0.25, -0.2) is 4.39 Å². The van der Waals surface area contributed by atoms with E-state index in [0.717, 1.165) is 53.8 Å². The Balaban J connectivity index is 1.58. The van der Waals surface area contributed by atoms with Crippen LogP contribution in [0.25, 0.3) is 10.8 Å². The summed E-state index contributed by atoms with van der Waals surface area (Å²) >= 11 is 0. The van der Waals surface area contributed by atoms with Crippen molar-refractivity contribution >= 4 is 28.2 Å². The van der Waals surface area contributed by atoms with Gasteiger partial charge in [0.05, 0.1) is 22.7 Å². The van der Waals surface area contributed by atoms with E-state index in [9.17, 15) is 13.6 Å². The summed E-state index contributed by atoms with van der Waals surface area (Å²) in [7, 11) is 1.78. The summed E-state index contributed by atoms with van der Waals surface area (Å²) in [6, 6.07) is 6.94. The molecule has 0 saturated heterocycles. The number of aliphatic hydroxyl groups excluding tert-OH is 1. The van der Waals surface area contributed by atoms with E-state index in [1.165, 1.54) is 12.1 Å². The van der Waals surface area contributed by atoms with E-state index in [-0.39, 0.29) is 11.5 Å². The van der Waals surface area contributed by atoms with Gasteiger partial charge in [-0.15, -0.1) is 5.10 Å². The Morgan fingerprint density at radius 3 is 2.60 bits per heavy atom. The van der Waals surface area contributed by atoms with E-state index < -0.39 is 35.4 Å². The lowest BCUT2D eigenvalue weighted by atomic mass is 9.79. The molecule has 1 fully saturated rings. The Bertz CT molecular complexity index is 1340. The topological polar surface area (TPSA) is 78.4 Å². The second kappa shape index (κ2) is 8.19. The van der Waals surface area contributed by atoms with Crippen LogP contribution in [0.2, 0.25) is 0 Å². The zero-order valence-electron chi connectivity index (χ0n) is 19.8. The Hall–Kier alpha value is -3.20. The molecule has 1 aromatic heterocycles. The number of nitrogens with one attached hydrogen (secondary N) is 1. The molecule has 184 valence electrons. The first kappa shape index (κ1) is 23.5. The fourth-order valence-corrected chi connectivity index (χ4v) is 5.63. The number of aryl methyl sites for hydroxylation is 1. The molecule has 2 aromatic carbocycles. The molecule has 2 aliphatic rings. The van der Waals surface area contributed by atoms with Crippen LogP contribution in [0.15, 0.2) is 30.3 Å². The van der Waals surface area contributed by atoms with E-state index in [2.05, 4.69) is 15.5 Å². The smallest absolute Gasteiger partial charge is 0.298 e. The lowest BCUT2D eigenvalue weighted by molar-refractivity contribution is -0.122. The van der Waals surface area contributed by atoms with Gasteiger partial charge < -0.3 is 15.3 Å². The summed E-state index contributed by atoms with van der Waals surface area (Å²) < 4.78 is 43.1. The Labute approximate surface area is 201 Å². The molecule has 1 atom stereocenters. The quantitative estimate of drug-likeness (QED) is 0.526. The standard InChI is InChI=1S/C26H27F3N4O2/c1-14(16-7-6-8-19(22(16)27)26(28,29)13-34)30-23-18-12-21-20(11-17(18)15(2)31-32-23)25(9-4-5-10-25)24(35)33(21)3/h6-8,11-12,14,34H,4-5,9-10,13H2,1-3H3,(H,30,32)/t14-/m1/s1. The molecule has 1 aliphatic carbocycles. The summed E-state index contributed by atoms with van der Waals surface area (Å²) in [6.45, 7) is 2.00. The molecule has 1 aliphatic heterocycles. The zero-order chi connectivity index (χ0) is 25.1. The first-order valence-electron chi connectivity index (χ1n) is 11.7. The van der Waals surface area contributed by atoms with Crippen LogP contribution in [0.1, 0.15) is 61.0 Å². The van der Waals surface area contributed by atoms with Crippen molar-refractivity contribution in [2.75, 3.05) is 23.9 Å². The number of aliphatic hydroxyl groups is 1. The average molecular weight is 485 g/mol. The molecule has 0 unspecified atom stereocenters. The molecule has 35 heavy (non-hydrogen) atoms. The molecule has 1 saturated carbocycles. The third kappa shape index (κ3) is 3.47. The molecule has 0 radical (unpaired) electrons. The summed E-state index contributed by atoms with van der Waals surface area (Å²) in [5.41, 5.74) is 1.21. The van der Waals surface area contributed by atoms with Crippen LogP contribution < -0.4 is 10.2 Å². The summed E-state index contributed by atoms with van der Waals surface area (Å²) in [5.74, 6) is -4.30. The number of hydrogen-bond acceptors (Lipinski definition) is 5. The highest BCUT2D eigenvalue weighted by molar-refractivity contribution is 6.11. The molecule has 2 heterocycles. The second-order valence-corrected chi connectivity index (χ2v) is 9.64. The highest BCUT2D eigenvalue weighted by Gasteiger charge is 2.51. The van der Waals surface area contributed by atoms with Crippen LogP contribution in [0.5, 0.6) is 0 Å². The van der Waals surface area contributed by atoms with Crippen molar-refractivity contribution < 1.29 is 23.1 Å². The largest absolute Gasteiger partial charge is 0.390 e. The van der Waals surface area contributed by atoms with E-state index in [1.54, 1.807) is 18.9 Å². The monoisotopic (exact) mass is 484 g/mol. The van der Waals surface area contributed by atoms with Gasteiger partial charge in [-0.2, -0.15) is 13.9 Å². The van der Waals surface area contributed by atoms with Crippen LogP contribution >= 0.6 is 0 Å². The fourth-order valence-electron chi connectivity index (χ4n) is 5.63. The van der Waals surface area contributed by atoms with Crippen LogP contribution in [-0.2, 0) is 16.1 Å². The SMILES string of the molecule is Cc1nnc(N[C@H](C)c2cccc(C(F)(F)CO)c2F)c2cc3c(cc12)C1(CCCC1)C(=O)N3C. The van der Waals surface area contributed by atoms with Gasteiger partial charge in [-0.05, 0) is 50.5 Å². The van der Waals surface area contributed by atoms with Crippen LogP contribution in [-0.4, -0.2) is 34.9 Å². The number of anilines is 2. The van der Waals surface area contributed by atoms with Gasteiger partial charge in [-0.1, -0.05) is 25.0 Å². The second-order valence-electron chi connectivity index (χ2n) is 9.64. The Kier molecular flexibility index (Phi) is 5.51. The minimum atomic E-state index is -3.69. The molecule has 0 bridgehead atoms. The van der Waals surface area contributed by atoms with E-state index in [1.807, 2.05) is 19.1 Å². The number of rotatable bonds is 5. The lowest BCUT2D eigenvalue weighted by Crippen LogP contribution is -2.36. The third-order valence-electron chi connectivity index (χ3n) is 7.57. The van der Waals surface area contributed by atoms with Crippen molar-refractivity contribution in [1.29, 1.82) is 0 Å². The number of benzene rings is 2. The van der Waals surface area contributed by atoms with Gasteiger partial charge in [-0.3, -0.25) is 4.79 Å². The van der Waals surface area contributed by atoms with Crippen LogP contribution in [0.3, 0.4) is 0 Å². The van der Waals surface area contributed by atoms with Gasteiger partial charge in [0.25, 0.3) is 5.92 Å². The predicted octanol–water partition coefficient (Wildman–Crippen LogP) is 5.12. The maximum Gasteiger partial charge on any atom is 0.298 e. The third-order valence-corrected chi connectivity index (χ3v) is 7.57. The highest BCUT2D eigenvalue weighted by Crippen LogP contribution is 2.52. The zero-order valence-corrected chi connectivity index (χ0v) is 19.8. The fraction of sp³-hybridized carbons (Fsp3) is 0.423. The van der Waals surface area contributed by atoms with Crippen LogP contribution in [0, 0.1) is 12.7 Å². The van der Waals surface area contributed by atoms with Gasteiger partial charge in [0, 0.05) is 29.1 Å². The van der Waals surface area contributed by atoms with Crippen molar-refractivity contribution in [3.63, 3.8) is 0 Å². The number of carbonyl (C=O) groups is 1. The molecule has 5 rings (SSSR count). The molecular weight excluding hydrogens is 457 g/mol. The number of fused-ring (bicyclic) bond motifs is 3. The number of alkyl halides is 2. The first-order valence-corrected chi connectivity index (χ1v) is 11.7. The van der Waals surface area contributed by atoms with Crippen molar-refractivity contribution in [2.24, 2.45) is 0 Å². The number of aromatic nitrogens is 2. The van der Waals surface area contributed by atoms with Gasteiger partial charge in [0.15, 0.2) is 5.82 Å². The predicted molar refractivity (Wildman–Crippen MR) is 127 cm³/mol. The summed E-state index contributed by atoms with van der Waals surface area (Å²) in [6.07, 6.45) is 3.66. The number of likely N-dealkylation sites (N-methyl/N-ethyl adjacent to an activating group) is 1. The van der Waals surface area contributed by atoms with Crippen LogP contribution in [0.4, 0.5) is 24.7 Å². The van der Waals surface area contributed by atoms with E-state index >= 15 is 4.39 Å². The number of nitrogens with zero attached hydrogens (tertiary/aromatic N) is 3. The minimum absolute atomic E-state index is 0.0181. The molecule has 6 nitrogen and oxygen atoms in total. The molecule has 2 N–H and O–H groups in total. The van der Waals surface area contributed by atoms with Gasteiger partial charge in [0.2, 0.25) is 5.91 Å². The minimum Gasteiger partial charge on any atom is -0.390 e. The highest BCUT2D eigenvalue weighted by atomic mass is 19.3. The number of hydrogen-bond donors (Lipinski definition) is 2. The summed E-state index contributed by atoms with van der Waals surface area (Å²) in [5, 5.41) is 22.2. The number of halogens is 3. The summed E-state index contributed by atoms with van der Waals surface area (Å²) in [4.78, 5) is 14.9. The Morgan fingerprint density at radius 2 is 1.91 bits per heavy atom. The van der Waals surface area contributed by atoms with Crippen molar-refractivity contribution in [1.82, 2.24) is 10.2 Å². The lowest BCUT2D eigenvalue weighted by Gasteiger charge is -2.22. The molecule has 1 spiro atoms. The number of amides is 1.